The van der Waals surface area contributed by atoms with E-state index >= 15 is 0 Å². The Morgan fingerprint density at radius 1 is 1.23 bits per heavy atom. The second-order valence-corrected chi connectivity index (χ2v) is 3.97. The molecule has 0 saturated heterocycles. The first-order chi connectivity index (χ1) is 6.24. The molecule has 13 heavy (non-hydrogen) atoms. The van der Waals surface area contributed by atoms with Gasteiger partial charge in [-0.3, -0.25) is 0 Å². The maximum absolute atomic E-state index is 5.40. The van der Waals surface area contributed by atoms with E-state index in [1.54, 1.807) is 0 Å². The summed E-state index contributed by atoms with van der Waals surface area (Å²) in [7, 11) is -1.16. The van der Waals surface area contributed by atoms with Crippen LogP contribution in [-0.4, -0.2) is 19.8 Å². The van der Waals surface area contributed by atoms with Crippen molar-refractivity contribution in [3.05, 3.63) is 10.6 Å². The van der Waals surface area contributed by atoms with Crippen LogP contribution in [0.1, 0.15) is 20.8 Å². The second kappa shape index (κ2) is 9.10. The molecule has 78 valence electrons. The number of rotatable bonds is 7. The topological polar surface area (TPSA) is 27.7 Å². The van der Waals surface area contributed by atoms with Gasteiger partial charge in [0.25, 0.3) is 0 Å². The molecule has 0 aliphatic carbocycles. The maximum Gasteiger partial charge on any atom is 0.332 e. The van der Waals surface area contributed by atoms with Gasteiger partial charge in [-0.2, -0.15) is 0 Å². The summed E-state index contributed by atoms with van der Waals surface area (Å²) in [5.74, 6) is 0. The SMILES string of the molecule is CCOP(OCC)OC/C(C)=C\Br. The molecule has 0 N–H and O–H groups in total. The van der Waals surface area contributed by atoms with Gasteiger partial charge < -0.3 is 13.6 Å². The molecule has 0 amide bonds. The lowest BCUT2D eigenvalue weighted by atomic mass is 10.4. The molecule has 0 aromatic carbocycles. The largest absolute Gasteiger partial charge is 0.332 e. The quantitative estimate of drug-likeness (QED) is 0.662. The Morgan fingerprint density at radius 2 is 1.77 bits per heavy atom. The lowest BCUT2D eigenvalue weighted by Gasteiger charge is -2.14. The molecule has 0 aliphatic heterocycles. The highest BCUT2D eigenvalue weighted by molar-refractivity contribution is 9.11. The van der Waals surface area contributed by atoms with E-state index in [-0.39, 0.29) is 0 Å². The highest BCUT2D eigenvalue weighted by Gasteiger charge is 2.09. The van der Waals surface area contributed by atoms with Crippen molar-refractivity contribution < 1.29 is 13.6 Å². The zero-order chi connectivity index (χ0) is 10.1. The van der Waals surface area contributed by atoms with Crippen LogP contribution >= 0.6 is 24.5 Å². The van der Waals surface area contributed by atoms with Crippen LogP contribution in [0.4, 0.5) is 0 Å². The average Bonchev–Trinajstić information content (AvgIpc) is 2.14. The third kappa shape index (κ3) is 7.59. The van der Waals surface area contributed by atoms with Crippen molar-refractivity contribution in [2.24, 2.45) is 0 Å². The molecule has 0 spiro atoms. The predicted molar refractivity (Wildman–Crippen MR) is 58.8 cm³/mol. The lowest BCUT2D eigenvalue weighted by Crippen LogP contribution is -1.97. The summed E-state index contributed by atoms with van der Waals surface area (Å²) in [6.07, 6.45) is 0. The maximum atomic E-state index is 5.40. The first-order valence-electron chi connectivity index (χ1n) is 4.19. The Morgan fingerprint density at radius 3 is 2.15 bits per heavy atom. The minimum absolute atomic E-state index is 0.539. The van der Waals surface area contributed by atoms with Crippen LogP contribution in [0.15, 0.2) is 10.6 Å². The molecule has 0 heterocycles. The zero-order valence-corrected chi connectivity index (χ0v) is 10.7. The number of hydrogen-bond acceptors (Lipinski definition) is 3. The van der Waals surface area contributed by atoms with E-state index in [2.05, 4.69) is 15.9 Å². The van der Waals surface area contributed by atoms with Crippen molar-refractivity contribution in [3.63, 3.8) is 0 Å². The highest BCUT2D eigenvalue weighted by atomic mass is 79.9. The third-order valence-electron chi connectivity index (χ3n) is 1.05. The van der Waals surface area contributed by atoms with Gasteiger partial charge in [-0.25, -0.2) is 0 Å². The van der Waals surface area contributed by atoms with E-state index in [0.717, 1.165) is 5.57 Å². The summed E-state index contributed by atoms with van der Waals surface area (Å²) in [4.78, 5) is 1.83. The van der Waals surface area contributed by atoms with Crippen LogP contribution in [0.2, 0.25) is 0 Å². The summed E-state index contributed by atoms with van der Waals surface area (Å²) >= 11 is 3.23. The second-order valence-electron chi connectivity index (χ2n) is 2.29. The summed E-state index contributed by atoms with van der Waals surface area (Å²) in [5.41, 5.74) is 1.10. The fourth-order valence-corrected chi connectivity index (χ4v) is 1.60. The lowest BCUT2D eigenvalue weighted by molar-refractivity contribution is 0.179. The van der Waals surface area contributed by atoms with E-state index in [4.69, 9.17) is 13.6 Å². The van der Waals surface area contributed by atoms with Crippen molar-refractivity contribution in [1.82, 2.24) is 0 Å². The Hall–Kier alpha value is 0.530. The predicted octanol–water partition coefficient (Wildman–Crippen LogP) is 3.60. The van der Waals surface area contributed by atoms with Crippen LogP contribution in [0.25, 0.3) is 0 Å². The van der Waals surface area contributed by atoms with E-state index in [0.29, 0.717) is 19.8 Å². The Kier molecular flexibility index (Phi) is 9.47. The van der Waals surface area contributed by atoms with Gasteiger partial charge in [-0.15, -0.1) is 0 Å². The highest BCUT2D eigenvalue weighted by Crippen LogP contribution is 2.39. The van der Waals surface area contributed by atoms with Gasteiger partial charge >= 0.3 is 8.60 Å². The molecule has 0 saturated carbocycles. The van der Waals surface area contributed by atoms with E-state index in [1.165, 1.54) is 0 Å². The molecular formula is C8H16BrO3P. The molecule has 0 aromatic rings. The molecule has 5 heteroatoms. The van der Waals surface area contributed by atoms with Gasteiger partial charge in [0.05, 0.1) is 19.8 Å². The normalized spacial score (nSPS) is 12.5. The van der Waals surface area contributed by atoms with Crippen molar-refractivity contribution in [1.29, 1.82) is 0 Å². The minimum atomic E-state index is -1.16. The summed E-state index contributed by atoms with van der Waals surface area (Å²) in [6.45, 7) is 7.58. The van der Waals surface area contributed by atoms with Gasteiger partial charge in [0.1, 0.15) is 0 Å². The van der Waals surface area contributed by atoms with Crippen LogP contribution in [0.3, 0.4) is 0 Å². The van der Waals surface area contributed by atoms with E-state index < -0.39 is 8.60 Å². The van der Waals surface area contributed by atoms with Gasteiger partial charge in [0, 0.05) is 0 Å². The molecule has 0 radical (unpaired) electrons. The molecule has 0 atom stereocenters. The molecular weight excluding hydrogens is 255 g/mol. The van der Waals surface area contributed by atoms with Gasteiger partial charge in [-0.05, 0) is 31.3 Å². The molecule has 0 bridgehead atoms. The zero-order valence-electron chi connectivity index (χ0n) is 8.25. The van der Waals surface area contributed by atoms with Gasteiger partial charge in [0.15, 0.2) is 0 Å². The number of halogens is 1. The van der Waals surface area contributed by atoms with Crippen LogP contribution in [-0.2, 0) is 13.6 Å². The Balaban J connectivity index is 3.67. The van der Waals surface area contributed by atoms with Crippen molar-refractivity contribution >= 4 is 24.5 Å². The molecule has 0 aliphatic rings. The summed E-state index contributed by atoms with van der Waals surface area (Å²) in [6, 6.07) is 0. The third-order valence-corrected chi connectivity index (χ3v) is 3.11. The molecule has 3 nitrogen and oxygen atoms in total. The molecule has 0 rings (SSSR count). The first-order valence-corrected chi connectivity index (χ1v) is 6.20. The van der Waals surface area contributed by atoms with Crippen LogP contribution in [0.5, 0.6) is 0 Å². The van der Waals surface area contributed by atoms with Gasteiger partial charge in [-0.1, -0.05) is 15.9 Å². The van der Waals surface area contributed by atoms with E-state index in [1.807, 2.05) is 25.8 Å². The van der Waals surface area contributed by atoms with Crippen LogP contribution < -0.4 is 0 Å². The minimum Gasteiger partial charge on any atom is -0.313 e. The summed E-state index contributed by atoms with van der Waals surface area (Å²) < 4.78 is 15.9. The molecule has 0 aromatic heterocycles. The van der Waals surface area contributed by atoms with Crippen molar-refractivity contribution in [2.45, 2.75) is 20.8 Å². The Labute approximate surface area is 89.6 Å². The molecule has 0 unspecified atom stereocenters. The fraction of sp³-hybridized carbons (Fsp3) is 0.750. The van der Waals surface area contributed by atoms with Crippen molar-refractivity contribution in [3.8, 4) is 0 Å². The first kappa shape index (κ1) is 13.5. The Bertz CT molecular complexity index is 146. The van der Waals surface area contributed by atoms with Crippen molar-refractivity contribution in [2.75, 3.05) is 19.8 Å². The average molecular weight is 271 g/mol. The van der Waals surface area contributed by atoms with Gasteiger partial charge in [0.2, 0.25) is 0 Å². The monoisotopic (exact) mass is 270 g/mol. The molecule has 0 fully saturated rings. The number of hydrogen-bond donors (Lipinski definition) is 0. The summed E-state index contributed by atoms with van der Waals surface area (Å²) in [5, 5.41) is 0. The van der Waals surface area contributed by atoms with E-state index in [9.17, 15) is 0 Å². The smallest absolute Gasteiger partial charge is 0.313 e. The van der Waals surface area contributed by atoms with Crippen LogP contribution in [0, 0.1) is 0 Å². The fourth-order valence-electron chi connectivity index (χ4n) is 0.509. The standard InChI is InChI=1S/C8H16BrO3P/c1-4-10-13(11-5-2)12-7-8(3)6-9/h6H,4-5,7H2,1-3H3/b8-6-.